The highest BCUT2D eigenvalue weighted by atomic mass is 32.2. The maximum absolute atomic E-state index is 4.83. The quantitative estimate of drug-likeness (QED) is 0.865. The van der Waals surface area contributed by atoms with Crippen molar-refractivity contribution >= 4 is 23.1 Å². The molecule has 1 aromatic heterocycles. The van der Waals surface area contributed by atoms with E-state index in [0.717, 1.165) is 18.8 Å². The van der Waals surface area contributed by atoms with Crippen LogP contribution in [0.2, 0.25) is 0 Å². The van der Waals surface area contributed by atoms with Gasteiger partial charge in [-0.25, -0.2) is 4.98 Å². The maximum Gasteiger partial charge on any atom is 0.0976 e. The first-order valence-corrected chi connectivity index (χ1v) is 8.78. The van der Waals surface area contributed by atoms with Gasteiger partial charge in [0.05, 0.1) is 10.7 Å². The Labute approximate surface area is 122 Å². The van der Waals surface area contributed by atoms with Gasteiger partial charge in [0, 0.05) is 28.3 Å². The number of piperidine rings is 1. The molecule has 1 aliphatic heterocycles. The van der Waals surface area contributed by atoms with E-state index in [1.54, 1.807) is 23.1 Å². The summed E-state index contributed by atoms with van der Waals surface area (Å²) in [7, 11) is 0. The van der Waals surface area contributed by atoms with Crippen molar-refractivity contribution in [2.75, 3.05) is 19.3 Å². The van der Waals surface area contributed by atoms with Crippen LogP contribution in [0.15, 0.2) is 34.5 Å². The molecule has 1 aliphatic rings. The summed E-state index contributed by atoms with van der Waals surface area (Å²) in [4.78, 5) is 6.13. The normalized spacial score (nSPS) is 19.5. The molecule has 1 aromatic carbocycles. The Kier molecular flexibility index (Phi) is 4.21. The fourth-order valence-electron chi connectivity index (χ4n) is 2.43. The number of thiazole rings is 1. The van der Waals surface area contributed by atoms with Crippen molar-refractivity contribution in [3.63, 3.8) is 0 Å². The minimum atomic E-state index is 0.609. The van der Waals surface area contributed by atoms with Crippen molar-refractivity contribution in [1.29, 1.82) is 0 Å². The molecule has 1 N–H and O–H groups in total. The van der Waals surface area contributed by atoms with Crippen molar-refractivity contribution in [3.8, 4) is 11.3 Å². The van der Waals surface area contributed by atoms with Crippen molar-refractivity contribution in [2.24, 2.45) is 0 Å². The Morgan fingerprint density at radius 2 is 2.16 bits per heavy atom. The minimum Gasteiger partial charge on any atom is -0.316 e. The number of hydrogen-bond acceptors (Lipinski definition) is 4. The summed E-state index contributed by atoms with van der Waals surface area (Å²) in [5.41, 5.74) is 2.35. The highest BCUT2D eigenvalue weighted by Crippen LogP contribution is 2.30. The van der Waals surface area contributed by atoms with Gasteiger partial charge in [-0.1, -0.05) is 12.1 Å². The van der Waals surface area contributed by atoms with Crippen LogP contribution in [0.25, 0.3) is 11.3 Å². The molecule has 2 heterocycles. The fraction of sp³-hybridized carbons (Fsp3) is 0.400. The molecule has 0 radical (unpaired) electrons. The predicted octanol–water partition coefficient (Wildman–Crippen LogP) is 4.00. The average molecular weight is 290 g/mol. The minimum absolute atomic E-state index is 0.609. The second kappa shape index (κ2) is 6.07. The van der Waals surface area contributed by atoms with Crippen molar-refractivity contribution in [1.82, 2.24) is 10.3 Å². The second-order valence-corrected chi connectivity index (χ2v) is 6.61. The van der Waals surface area contributed by atoms with Gasteiger partial charge in [-0.15, -0.1) is 23.1 Å². The van der Waals surface area contributed by atoms with E-state index in [1.165, 1.54) is 28.3 Å². The van der Waals surface area contributed by atoms with Crippen LogP contribution >= 0.6 is 23.1 Å². The zero-order valence-corrected chi connectivity index (χ0v) is 12.7. The van der Waals surface area contributed by atoms with Crippen LogP contribution in [-0.4, -0.2) is 24.3 Å². The average Bonchev–Trinajstić information content (AvgIpc) is 2.98. The van der Waals surface area contributed by atoms with Gasteiger partial charge in [-0.3, -0.25) is 0 Å². The highest BCUT2D eigenvalue weighted by Gasteiger charge is 2.18. The van der Waals surface area contributed by atoms with E-state index >= 15 is 0 Å². The molecule has 0 spiro atoms. The monoisotopic (exact) mass is 290 g/mol. The molecular weight excluding hydrogens is 272 g/mol. The zero-order chi connectivity index (χ0) is 13.1. The SMILES string of the molecule is CSc1ccc(-c2csc(C3CCCNC3)n2)cc1. The van der Waals surface area contributed by atoms with E-state index < -0.39 is 0 Å². The summed E-state index contributed by atoms with van der Waals surface area (Å²) in [6, 6.07) is 8.68. The van der Waals surface area contributed by atoms with Gasteiger partial charge in [0.15, 0.2) is 0 Å². The van der Waals surface area contributed by atoms with Gasteiger partial charge >= 0.3 is 0 Å². The Balaban J connectivity index is 1.79. The van der Waals surface area contributed by atoms with Gasteiger partial charge in [0.25, 0.3) is 0 Å². The van der Waals surface area contributed by atoms with Crippen molar-refractivity contribution in [2.45, 2.75) is 23.7 Å². The van der Waals surface area contributed by atoms with E-state index in [4.69, 9.17) is 4.98 Å². The summed E-state index contributed by atoms with van der Waals surface area (Å²) in [6.07, 6.45) is 4.64. The standard InChI is InChI=1S/C15H18N2S2/c1-18-13-6-4-11(5-7-13)14-10-19-15(17-14)12-3-2-8-16-9-12/h4-7,10,12,16H,2-3,8-9H2,1H3. The lowest BCUT2D eigenvalue weighted by molar-refractivity contribution is 0.460. The van der Waals surface area contributed by atoms with Gasteiger partial charge in [0.1, 0.15) is 0 Å². The molecule has 100 valence electrons. The number of aromatic nitrogens is 1. The topological polar surface area (TPSA) is 24.9 Å². The number of thioether (sulfide) groups is 1. The Morgan fingerprint density at radius 3 is 2.84 bits per heavy atom. The molecule has 19 heavy (non-hydrogen) atoms. The predicted molar refractivity (Wildman–Crippen MR) is 84.2 cm³/mol. The summed E-state index contributed by atoms with van der Waals surface area (Å²) >= 11 is 3.58. The van der Waals surface area contributed by atoms with Crippen LogP contribution < -0.4 is 5.32 Å². The third-order valence-electron chi connectivity index (χ3n) is 3.55. The molecule has 4 heteroatoms. The first-order valence-electron chi connectivity index (χ1n) is 6.67. The Morgan fingerprint density at radius 1 is 1.32 bits per heavy atom. The molecule has 0 aliphatic carbocycles. The molecule has 3 rings (SSSR count). The lowest BCUT2D eigenvalue weighted by Gasteiger charge is -2.20. The number of rotatable bonds is 3. The molecule has 1 fully saturated rings. The number of nitrogens with one attached hydrogen (secondary N) is 1. The van der Waals surface area contributed by atoms with Crippen LogP contribution in [-0.2, 0) is 0 Å². The summed E-state index contributed by atoms with van der Waals surface area (Å²) in [6.45, 7) is 2.24. The Bertz CT molecular complexity index is 527. The molecule has 0 amide bonds. The lowest BCUT2D eigenvalue weighted by Crippen LogP contribution is -2.28. The molecule has 0 saturated carbocycles. The molecular formula is C15H18N2S2. The van der Waals surface area contributed by atoms with Crippen LogP contribution in [0.4, 0.5) is 0 Å². The summed E-state index contributed by atoms with van der Waals surface area (Å²) in [5.74, 6) is 0.609. The number of benzene rings is 1. The van der Waals surface area contributed by atoms with Crippen LogP contribution in [0.1, 0.15) is 23.8 Å². The summed E-state index contributed by atoms with van der Waals surface area (Å²) < 4.78 is 0. The smallest absolute Gasteiger partial charge is 0.0976 e. The number of nitrogens with zero attached hydrogens (tertiary/aromatic N) is 1. The third-order valence-corrected chi connectivity index (χ3v) is 5.30. The molecule has 1 saturated heterocycles. The summed E-state index contributed by atoms with van der Waals surface area (Å²) in [5, 5.41) is 6.94. The molecule has 1 atom stereocenters. The van der Waals surface area contributed by atoms with Gasteiger partial charge in [-0.05, 0) is 37.8 Å². The first kappa shape index (κ1) is 13.2. The maximum atomic E-state index is 4.83. The van der Waals surface area contributed by atoms with Crippen LogP contribution in [0.5, 0.6) is 0 Å². The highest BCUT2D eigenvalue weighted by molar-refractivity contribution is 7.98. The molecule has 1 unspecified atom stereocenters. The van der Waals surface area contributed by atoms with E-state index in [-0.39, 0.29) is 0 Å². The van der Waals surface area contributed by atoms with Gasteiger partial charge in [-0.2, -0.15) is 0 Å². The second-order valence-electron chi connectivity index (χ2n) is 4.84. The van der Waals surface area contributed by atoms with Gasteiger partial charge in [0.2, 0.25) is 0 Å². The molecule has 2 aromatic rings. The van der Waals surface area contributed by atoms with E-state index in [1.807, 2.05) is 0 Å². The van der Waals surface area contributed by atoms with Gasteiger partial charge < -0.3 is 5.32 Å². The Hall–Kier alpha value is -0.840. The van der Waals surface area contributed by atoms with Crippen LogP contribution in [0, 0.1) is 0 Å². The van der Waals surface area contributed by atoms with Crippen LogP contribution in [0.3, 0.4) is 0 Å². The third kappa shape index (κ3) is 3.02. The molecule has 0 bridgehead atoms. The first-order chi connectivity index (χ1) is 9.36. The van der Waals surface area contributed by atoms with E-state index in [9.17, 15) is 0 Å². The van der Waals surface area contributed by atoms with Crippen molar-refractivity contribution in [3.05, 3.63) is 34.7 Å². The van der Waals surface area contributed by atoms with E-state index in [0.29, 0.717) is 5.92 Å². The lowest BCUT2D eigenvalue weighted by atomic mass is 10.0. The van der Waals surface area contributed by atoms with E-state index in [2.05, 4.69) is 41.2 Å². The molecule has 2 nitrogen and oxygen atoms in total. The number of hydrogen-bond donors (Lipinski definition) is 1. The largest absolute Gasteiger partial charge is 0.316 e. The van der Waals surface area contributed by atoms with Crippen molar-refractivity contribution < 1.29 is 0 Å². The fourth-order valence-corrected chi connectivity index (χ4v) is 3.81. The zero-order valence-electron chi connectivity index (χ0n) is 11.1.